The largest absolute Gasteiger partial charge is 0.504 e. The first kappa shape index (κ1) is 11.6. The average Bonchev–Trinajstić information content (AvgIpc) is 2.63. The third kappa shape index (κ3) is 2.00. The van der Waals surface area contributed by atoms with E-state index in [0.29, 0.717) is 10.6 Å². The molecule has 0 spiro atoms. The molecule has 17 heavy (non-hydrogen) atoms. The van der Waals surface area contributed by atoms with E-state index >= 15 is 0 Å². The van der Waals surface area contributed by atoms with Gasteiger partial charge < -0.3 is 9.30 Å². The highest BCUT2D eigenvalue weighted by Crippen LogP contribution is 2.26. The molecule has 0 atom stereocenters. The Morgan fingerprint density at radius 3 is 2.82 bits per heavy atom. The van der Waals surface area contributed by atoms with Crippen molar-refractivity contribution in [3.05, 3.63) is 40.7 Å². The molecule has 86 valence electrons. The highest BCUT2D eigenvalue weighted by atomic mass is 35.5. The Labute approximate surface area is 104 Å². The monoisotopic (exact) mass is 246 g/mol. The molecule has 0 bridgehead atoms. The summed E-state index contributed by atoms with van der Waals surface area (Å²) in [5.41, 5.74) is 2.48. The Bertz CT molecular complexity index is 635. The average molecular weight is 247 g/mol. The maximum atomic E-state index is 8.92. The number of nitrogens with zero attached hydrogens (tertiary/aromatic N) is 2. The van der Waals surface area contributed by atoms with Crippen molar-refractivity contribution in [2.24, 2.45) is 7.05 Å². The van der Waals surface area contributed by atoms with Gasteiger partial charge in [-0.1, -0.05) is 11.6 Å². The Morgan fingerprint density at radius 2 is 2.18 bits per heavy atom. The van der Waals surface area contributed by atoms with Crippen LogP contribution in [-0.2, 0) is 11.8 Å². The maximum absolute atomic E-state index is 8.92. The molecule has 0 unspecified atom stereocenters. The molecule has 2 rings (SSSR count). The highest BCUT2D eigenvalue weighted by Gasteiger charge is 2.08. The fraction of sp³-hybridized carbons (Fsp3) is 0.154. The lowest BCUT2D eigenvalue weighted by Crippen LogP contribution is -1.90. The Morgan fingerprint density at radius 1 is 1.41 bits per heavy atom. The Hall–Kier alpha value is -1.92. The van der Waals surface area contributed by atoms with Crippen molar-refractivity contribution < 1.29 is 4.74 Å². The summed E-state index contributed by atoms with van der Waals surface area (Å²) in [5, 5.41) is 10.4. The van der Waals surface area contributed by atoms with Crippen LogP contribution in [0, 0.1) is 11.3 Å². The van der Waals surface area contributed by atoms with Gasteiger partial charge in [-0.15, -0.1) is 0 Å². The van der Waals surface area contributed by atoms with Crippen molar-refractivity contribution in [3.63, 3.8) is 0 Å². The van der Waals surface area contributed by atoms with Crippen LogP contribution in [0.1, 0.15) is 11.3 Å². The molecular weight excluding hydrogens is 236 g/mol. The van der Waals surface area contributed by atoms with Gasteiger partial charge in [0.2, 0.25) is 0 Å². The van der Waals surface area contributed by atoms with Gasteiger partial charge in [-0.3, -0.25) is 0 Å². The van der Waals surface area contributed by atoms with Crippen molar-refractivity contribution >= 4 is 28.6 Å². The van der Waals surface area contributed by atoms with Gasteiger partial charge in [0.05, 0.1) is 24.0 Å². The second-order valence-electron chi connectivity index (χ2n) is 3.67. The summed E-state index contributed by atoms with van der Waals surface area (Å²) < 4.78 is 6.89. The molecular formula is C13H11ClN2O. The van der Waals surface area contributed by atoms with Crippen molar-refractivity contribution in [2.45, 2.75) is 0 Å². The molecule has 0 saturated heterocycles. The summed E-state index contributed by atoms with van der Waals surface area (Å²) in [6.45, 7) is 0. The summed E-state index contributed by atoms with van der Waals surface area (Å²) in [5.74, 6) is 0. The third-order valence-electron chi connectivity index (χ3n) is 2.66. The molecule has 1 aromatic carbocycles. The molecule has 0 N–H and O–H groups in total. The number of aryl methyl sites for hydroxylation is 1. The first-order valence-electron chi connectivity index (χ1n) is 5.06. The number of aromatic nitrogens is 1. The summed E-state index contributed by atoms with van der Waals surface area (Å²) in [7, 11) is 3.55. The minimum atomic E-state index is 0.475. The minimum absolute atomic E-state index is 0.475. The minimum Gasteiger partial charge on any atom is -0.504 e. The Kier molecular flexibility index (Phi) is 3.08. The predicted octanol–water partition coefficient (Wildman–Crippen LogP) is 3.32. The third-order valence-corrected chi connectivity index (χ3v) is 2.98. The summed E-state index contributed by atoms with van der Waals surface area (Å²) in [6, 6.07) is 7.66. The SMILES string of the molecule is CO/C=C/c1cc2cc(C#N)c(Cl)cc2n1C. The van der Waals surface area contributed by atoms with Crippen LogP contribution in [0.3, 0.4) is 0 Å². The molecule has 0 aliphatic carbocycles. The van der Waals surface area contributed by atoms with E-state index in [4.69, 9.17) is 21.6 Å². The summed E-state index contributed by atoms with van der Waals surface area (Å²) >= 11 is 6.01. The molecule has 0 amide bonds. The smallest absolute Gasteiger partial charge is 0.101 e. The van der Waals surface area contributed by atoms with Gasteiger partial charge in [-0.2, -0.15) is 5.26 Å². The maximum Gasteiger partial charge on any atom is 0.101 e. The van der Waals surface area contributed by atoms with Crippen LogP contribution < -0.4 is 0 Å². The molecule has 3 nitrogen and oxygen atoms in total. The van der Waals surface area contributed by atoms with Gasteiger partial charge in [-0.05, 0) is 24.3 Å². The van der Waals surface area contributed by atoms with E-state index in [2.05, 4.69) is 6.07 Å². The lowest BCUT2D eigenvalue weighted by Gasteiger charge is -2.00. The van der Waals surface area contributed by atoms with E-state index < -0.39 is 0 Å². The topological polar surface area (TPSA) is 37.9 Å². The van der Waals surface area contributed by atoms with Crippen LogP contribution in [0.5, 0.6) is 0 Å². The molecule has 0 aliphatic rings. The van der Waals surface area contributed by atoms with Crippen molar-refractivity contribution in [1.29, 1.82) is 5.26 Å². The first-order valence-corrected chi connectivity index (χ1v) is 5.43. The molecule has 0 saturated carbocycles. The van der Waals surface area contributed by atoms with Crippen molar-refractivity contribution in [3.8, 4) is 6.07 Å². The summed E-state index contributed by atoms with van der Waals surface area (Å²) in [6.07, 6.45) is 3.47. The van der Waals surface area contributed by atoms with Crippen LogP contribution in [0.25, 0.3) is 17.0 Å². The van der Waals surface area contributed by atoms with Crippen molar-refractivity contribution in [2.75, 3.05) is 7.11 Å². The zero-order valence-electron chi connectivity index (χ0n) is 9.57. The van der Waals surface area contributed by atoms with Gasteiger partial charge >= 0.3 is 0 Å². The van der Waals surface area contributed by atoms with Crippen LogP contribution in [0.2, 0.25) is 5.02 Å². The van der Waals surface area contributed by atoms with Gasteiger partial charge in [0, 0.05) is 23.6 Å². The number of halogens is 1. The number of nitriles is 1. The molecule has 0 fully saturated rings. The normalized spacial score (nSPS) is 10.9. The molecule has 2 aromatic rings. The van der Waals surface area contributed by atoms with Gasteiger partial charge in [-0.25, -0.2) is 0 Å². The van der Waals surface area contributed by atoms with Gasteiger partial charge in [0.25, 0.3) is 0 Å². The number of benzene rings is 1. The van der Waals surface area contributed by atoms with E-state index in [0.717, 1.165) is 16.6 Å². The molecule has 1 heterocycles. The van der Waals surface area contributed by atoms with Crippen LogP contribution >= 0.6 is 11.6 Å². The number of rotatable bonds is 2. The van der Waals surface area contributed by atoms with Gasteiger partial charge in [0.15, 0.2) is 0 Å². The van der Waals surface area contributed by atoms with Crippen LogP contribution in [0.15, 0.2) is 24.5 Å². The van der Waals surface area contributed by atoms with Crippen LogP contribution in [0.4, 0.5) is 0 Å². The number of hydrogen-bond acceptors (Lipinski definition) is 2. The fourth-order valence-electron chi connectivity index (χ4n) is 1.76. The number of methoxy groups -OCH3 is 1. The number of ether oxygens (including phenoxy) is 1. The molecule has 0 aliphatic heterocycles. The molecule has 0 radical (unpaired) electrons. The van der Waals surface area contributed by atoms with Crippen molar-refractivity contribution in [1.82, 2.24) is 4.57 Å². The lowest BCUT2D eigenvalue weighted by atomic mass is 10.2. The Balaban J connectivity index is 2.66. The van der Waals surface area contributed by atoms with E-state index in [1.54, 1.807) is 25.5 Å². The predicted molar refractivity (Wildman–Crippen MR) is 68.7 cm³/mol. The zero-order chi connectivity index (χ0) is 12.4. The number of hydrogen-bond donors (Lipinski definition) is 0. The highest BCUT2D eigenvalue weighted by molar-refractivity contribution is 6.32. The summed E-state index contributed by atoms with van der Waals surface area (Å²) in [4.78, 5) is 0. The van der Waals surface area contributed by atoms with E-state index in [9.17, 15) is 0 Å². The lowest BCUT2D eigenvalue weighted by molar-refractivity contribution is 0.341. The van der Waals surface area contributed by atoms with E-state index in [-0.39, 0.29) is 0 Å². The zero-order valence-corrected chi connectivity index (χ0v) is 10.3. The second-order valence-corrected chi connectivity index (χ2v) is 4.08. The van der Waals surface area contributed by atoms with E-state index in [1.807, 2.05) is 23.8 Å². The first-order chi connectivity index (χ1) is 8.17. The fourth-order valence-corrected chi connectivity index (χ4v) is 1.96. The van der Waals surface area contributed by atoms with Gasteiger partial charge in [0.1, 0.15) is 6.07 Å². The van der Waals surface area contributed by atoms with E-state index in [1.165, 1.54) is 0 Å². The molecule has 4 heteroatoms. The van der Waals surface area contributed by atoms with Crippen LogP contribution in [-0.4, -0.2) is 11.7 Å². The second kappa shape index (κ2) is 4.52. The quantitative estimate of drug-likeness (QED) is 0.763. The number of fused-ring (bicyclic) bond motifs is 1. The molecule has 1 aromatic heterocycles. The standard InChI is InChI=1S/C13H11ClN2O/c1-16-11(3-4-17-2)6-9-5-10(8-15)12(14)7-13(9)16/h3-7H,1-2H3/b4-3+.